The normalized spacial score (nSPS) is 10.6. The molecular weight excluding hydrogens is 401 g/mol. The van der Waals surface area contributed by atoms with Crippen molar-refractivity contribution in [3.05, 3.63) is 87.6 Å². The second-order valence-electron chi connectivity index (χ2n) is 6.99. The maximum absolute atomic E-state index is 13.2. The Hall–Kier alpha value is -3.78. The summed E-state index contributed by atoms with van der Waals surface area (Å²) in [6.07, 6.45) is 1.54. The number of methoxy groups -OCH3 is 1. The SMILES string of the molecule is COCC(=O)Nc1ccc(C)c(NC(=O)c2c(C)ccn(-c3ccc(F)cc3)c2=O)c1. The van der Waals surface area contributed by atoms with Crippen LogP contribution in [0.2, 0.25) is 0 Å². The number of carbonyl (C=O) groups is 2. The van der Waals surface area contributed by atoms with Crippen molar-refractivity contribution in [2.75, 3.05) is 24.4 Å². The smallest absolute Gasteiger partial charge is 0.268 e. The standard InChI is InChI=1S/C23H22FN3O4/c1-14-4-7-17(25-20(28)13-31-3)12-19(14)26-22(29)21-15(2)10-11-27(23(21)30)18-8-5-16(24)6-9-18/h4-12H,13H2,1-3H3,(H,25,28)(H,26,29). The first kappa shape index (κ1) is 21.9. The Labute approximate surface area is 178 Å². The molecule has 0 saturated heterocycles. The lowest BCUT2D eigenvalue weighted by Gasteiger charge is -2.14. The molecule has 0 radical (unpaired) electrons. The first-order valence-electron chi connectivity index (χ1n) is 9.49. The van der Waals surface area contributed by atoms with E-state index in [1.54, 1.807) is 44.3 Å². The summed E-state index contributed by atoms with van der Waals surface area (Å²) in [5, 5.41) is 5.42. The van der Waals surface area contributed by atoms with Crippen LogP contribution >= 0.6 is 0 Å². The number of aromatic nitrogens is 1. The van der Waals surface area contributed by atoms with Crippen molar-refractivity contribution in [2.24, 2.45) is 0 Å². The molecule has 31 heavy (non-hydrogen) atoms. The summed E-state index contributed by atoms with van der Waals surface area (Å²) in [6, 6.07) is 12.1. The van der Waals surface area contributed by atoms with E-state index in [2.05, 4.69) is 10.6 Å². The molecule has 7 nitrogen and oxygen atoms in total. The lowest BCUT2D eigenvalue weighted by molar-refractivity contribution is -0.119. The Morgan fingerprint density at radius 2 is 1.71 bits per heavy atom. The Kier molecular flexibility index (Phi) is 6.61. The number of benzene rings is 2. The molecule has 0 aliphatic carbocycles. The van der Waals surface area contributed by atoms with Crippen LogP contribution in [-0.2, 0) is 9.53 Å². The number of pyridine rings is 1. The molecule has 0 bridgehead atoms. The van der Waals surface area contributed by atoms with Crippen LogP contribution in [0.4, 0.5) is 15.8 Å². The predicted octanol–water partition coefficient (Wildman–Crippen LogP) is 3.43. The van der Waals surface area contributed by atoms with Crippen molar-refractivity contribution in [3.63, 3.8) is 0 Å². The number of nitrogens with one attached hydrogen (secondary N) is 2. The fraction of sp³-hybridized carbons (Fsp3) is 0.174. The molecule has 0 fully saturated rings. The van der Waals surface area contributed by atoms with Gasteiger partial charge in [-0.05, 0) is 67.4 Å². The maximum atomic E-state index is 13.2. The van der Waals surface area contributed by atoms with E-state index in [4.69, 9.17) is 4.74 Å². The van der Waals surface area contributed by atoms with Crippen LogP contribution < -0.4 is 16.2 Å². The third-order valence-electron chi connectivity index (χ3n) is 4.68. The van der Waals surface area contributed by atoms with Crippen molar-refractivity contribution < 1.29 is 18.7 Å². The van der Waals surface area contributed by atoms with Gasteiger partial charge in [-0.15, -0.1) is 0 Å². The zero-order chi connectivity index (χ0) is 22.5. The summed E-state index contributed by atoms with van der Waals surface area (Å²) in [7, 11) is 1.42. The van der Waals surface area contributed by atoms with E-state index >= 15 is 0 Å². The van der Waals surface area contributed by atoms with Gasteiger partial charge in [-0.2, -0.15) is 0 Å². The quantitative estimate of drug-likeness (QED) is 0.636. The van der Waals surface area contributed by atoms with E-state index in [1.165, 1.54) is 35.9 Å². The Morgan fingerprint density at radius 3 is 2.39 bits per heavy atom. The fourth-order valence-electron chi connectivity index (χ4n) is 3.06. The number of aryl methyl sites for hydroxylation is 2. The van der Waals surface area contributed by atoms with Crippen LogP contribution in [-0.4, -0.2) is 30.1 Å². The highest BCUT2D eigenvalue weighted by Crippen LogP contribution is 2.21. The van der Waals surface area contributed by atoms with Crippen LogP contribution in [0, 0.1) is 19.7 Å². The van der Waals surface area contributed by atoms with Gasteiger partial charge in [-0.25, -0.2) is 4.39 Å². The van der Waals surface area contributed by atoms with Gasteiger partial charge in [-0.3, -0.25) is 19.0 Å². The number of nitrogens with zero attached hydrogens (tertiary/aromatic N) is 1. The molecule has 0 aliphatic rings. The van der Waals surface area contributed by atoms with Gasteiger partial charge in [0, 0.05) is 30.4 Å². The zero-order valence-electron chi connectivity index (χ0n) is 17.4. The summed E-state index contributed by atoms with van der Waals surface area (Å²) in [6.45, 7) is 3.37. The molecule has 1 aromatic heterocycles. The Morgan fingerprint density at radius 1 is 1.00 bits per heavy atom. The molecule has 0 saturated carbocycles. The summed E-state index contributed by atoms with van der Waals surface area (Å²) >= 11 is 0. The van der Waals surface area contributed by atoms with Crippen LogP contribution in [0.15, 0.2) is 59.5 Å². The van der Waals surface area contributed by atoms with E-state index < -0.39 is 17.3 Å². The molecule has 0 atom stereocenters. The van der Waals surface area contributed by atoms with Gasteiger partial charge in [0.2, 0.25) is 5.91 Å². The van der Waals surface area contributed by atoms with Crippen LogP contribution in [0.3, 0.4) is 0 Å². The number of amides is 2. The average Bonchev–Trinajstić information content (AvgIpc) is 2.72. The summed E-state index contributed by atoms with van der Waals surface area (Å²) in [5.74, 6) is -1.33. The van der Waals surface area contributed by atoms with Crippen LogP contribution in [0.25, 0.3) is 5.69 Å². The molecule has 3 aromatic rings. The number of ether oxygens (including phenoxy) is 1. The third-order valence-corrected chi connectivity index (χ3v) is 4.68. The van der Waals surface area contributed by atoms with Gasteiger partial charge in [-0.1, -0.05) is 6.07 Å². The minimum Gasteiger partial charge on any atom is -0.375 e. The number of halogens is 1. The minimum absolute atomic E-state index is 0.0277. The van der Waals surface area contributed by atoms with E-state index in [0.29, 0.717) is 22.6 Å². The first-order valence-corrected chi connectivity index (χ1v) is 9.49. The average molecular weight is 423 g/mol. The van der Waals surface area contributed by atoms with Gasteiger partial charge in [0.05, 0.1) is 0 Å². The van der Waals surface area contributed by atoms with Crippen molar-refractivity contribution in [1.82, 2.24) is 4.57 Å². The van der Waals surface area contributed by atoms with E-state index in [1.807, 2.05) is 0 Å². The van der Waals surface area contributed by atoms with Crippen LogP contribution in [0.5, 0.6) is 0 Å². The molecule has 3 rings (SSSR count). The summed E-state index contributed by atoms with van der Waals surface area (Å²) in [5.41, 5.74) is 2.09. The van der Waals surface area contributed by atoms with Gasteiger partial charge < -0.3 is 15.4 Å². The second kappa shape index (κ2) is 9.36. The summed E-state index contributed by atoms with van der Waals surface area (Å²) in [4.78, 5) is 37.7. The van der Waals surface area contributed by atoms with E-state index in [0.717, 1.165) is 5.56 Å². The predicted molar refractivity (Wildman–Crippen MR) is 116 cm³/mol. The molecule has 0 aliphatic heterocycles. The fourth-order valence-corrected chi connectivity index (χ4v) is 3.06. The van der Waals surface area contributed by atoms with E-state index in [9.17, 15) is 18.8 Å². The molecule has 1 heterocycles. The molecule has 0 unspecified atom stereocenters. The zero-order valence-corrected chi connectivity index (χ0v) is 17.4. The maximum Gasteiger partial charge on any atom is 0.268 e. The number of hydrogen-bond donors (Lipinski definition) is 2. The van der Waals surface area contributed by atoms with Gasteiger partial charge in [0.15, 0.2) is 0 Å². The molecular formula is C23H22FN3O4. The van der Waals surface area contributed by atoms with Crippen molar-refractivity contribution >= 4 is 23.2 Å². The number of anilines is 2. The lowest BCUT2D eigenvalue weighted by atomic mass is 10.1. The van der Waals surface area contributed by atoms with Gasteiger partial charge >= 0.3 is 0 Å². The van der Waals surface area contributed by atoms with Crippen molar-refractivity contribution in [2.45, 2.75) is 13.8 Å². The number of hydrogen-bond acceptors (Lipinski definition) is 4. The highest BCUT2D eigenvalue weighted by atomic mass is 19.1. The second-order valence-corrected chi connectivity index (χ2v) is 6.99. The van der Waals surface area contributed by atoms with Gasteiger partial charge in [0.25, 0.3) is 11.5 Å². The summed E-state index contributed by atoms with van der Waals surface area (Å²) < 4.78 is 19.3. The minimum atomic E-state index is -0.581. The monoisotopic (exact) mass is 423 g/mol. The highest BCUT2D eigenvalue weighted by molar-refractivity contribution is 6.06. The van der Waals surface area contributed by atoms with E-state index in [-0.39, 0.29) is 18.1 Å². The molecule has 160 valence electrons. The molecule has 0 spiro atoms. The van der Waals surface area contributed by atoms with Crippen molar-refractivity contribution in [1.29, 1.82) is 0 Å². The van der Waals surface area contributed by atoms with Crippen molar-refractivity contribution in [3.8, 4) is 5.69 Å². The third kappa shape index (κ3) is 5.04. The molecule has 2 amide bonds. The largest absolute Gasteiger partial charge is 0.375 e. The van der Waals surface area contributed by atoms with Crippen LogP contribution in [0.1, 0.15) is 21.5 Å². The first-order chi connectivity index (χ1) is 14.8. The molecule has 2 N–H and O–H groups in total. The Bertz CT molecular complexity index is 1190. The number of rotatable bonds is 6. The lowest BCUT2D eigenvalue weighted by Crippen LogP contribution is -2.29. The van der Waals surface area contributed by atoms with Gasteiger partial charge in [0.1, 0.15) is 18.0 Å². The topological polar surface area (TPSA) is 89.4 Å². The molecule has 2 aromatic carbocycles. The Balaban J connectivity index is 1.92. The highest BCUT2D eigenvalue weighted by Gasteiger charge is 2.18. The number of carbonyl (C=O) groups excluding carboxylic acids is 2. The molecule has 8 heteroatoms.